The number of benzene rings is 1. The van der Waals surface area contributed by atoms with Crippen molar-refractivity contribution in [3.05, 3.63) is 35.4 Å². The molecule has 1 N–H and O–H groups in total. The van der Waals surface area contributed by atoms with Gasteiger partial charge in [0.05, 0.1) is 6.54 Å². The van der Waals surface area contributed by atoms with Crippen molar-refractivity contribution in [2.24, 2.45) is 4.99 Å². The zero-order valence-electron chi connectivity index (χ0n) is 10.6. The molecule has 0 unspecified atom stereocenters. The summed E-state index contributed by atoms with van der Waals surface area (Å²) in [7, 11) is 0. The lowest BCUT2D eigenvalue weighted by Gasteiger charge is -2.27. The predicted molar refractivity (Wildman–Crippen MR) is 71.9 cm³/mol. The standard InChI is InChI=1S/C14H19N3O/c1-2-4-13(14-16-7-10-18-14)12(3-1)11-17-8-5-15-6-9-17/h1-4,15H,5-11H2. The molecule has 1 aromatic carbocycles. The monoisotopic (exact) mass is 245 g/mol. The van der Waals surface area contributed by atoms with Crippen molar-refractivity contribution in [3.63, 3.8) is 0 Å². The Hall–Kier alpha value is -1.39. The van der Waals surface area contributed by atoms with Gasteiger partial charge >= 0.3 is 0 Å². The lowest BCUT2D eigenvalue weighted by atomic mass is 10.1. The summed E-state index contributed by atoms with van der Waals surface area (Å²) in [5.74, 6) is 0.820. The van der Waals surface area contributed by atoms with Gasteiger partial charge in [-0.15, -0.1) is 0 Å². The molecule has 2 aliphatic heterocycles. The molecular weight excluding hydrogens is 226 g/mol. The van der Waals surface area contributed by atoms with E-state index in [1.54, 1.807) is 0 Å². The third-order valence-electron chi connectivity index (χ3n) is 3.44. The summed E-state index contributed by atoms with van der Waals surface area (Å²) in [5.41, 5.74) is 2.48. The van der Waals surface area contributed by atoms with Gasteiger partial charge in [-0.25, -0.2) is 4.99 Å². The molecule has 4 nitrogen and oxygen atoms in total. The normalized spacial score (nSPS) is 20.6. The Morgan fingerprint density at radius 3 is 2.83 bits per heavy atom. The molecule has 0 aromatic heterocycles. The fourth-order valence-electron chi connectivity index (χ4n) is 2.48. The van der Waals surface area contributed by atoms with Gasteiger partial charge in [0.1, 0.15) is 6.61 Å². The highest BCUT2D eigenvalue weighted by atomic mass is 16.5. The lowest BCUT2D eigenvalue weighted by Crippen LogP contribution is -2.43. The Kier molecular flexibility index (Phi) is 3.57. The van der Waals surface area contributed by atoms with E-state index in [0.717, 1.165) is 57.3 Å². The van der Waals surface area contributed by atoms with E-state index in [4.69, 9.17) is 4.74 Å². The Labute approximate surface area is 108 Å². The number of rotatable bonds is 3. The van der Waals surface area contributed by atoms with Gasteiger partial charge in [0.25, 0.3) is 0 Å². The predicted octanol–water partition coefficient (Wildman–Crippen LogP) is 0.869. The summed E-state index contributed by atoms with van der Waals surface area (Å²) in [4.78, 5) is 6.90. The summed E-state index contributed by atoms with van der Waals surface area (Å²) in [5, 5.41) is 3.38. The summed E-state index contributed by atoms with van der Waals surface area (Å²) >= 11 is 0. The van der Waals surface area contributed by atoms with Crippen LogP contribution in [0.5, 0.6) is 0 Å². The van der Waals surface area contributed by atoms with Crippen molar-refractivity contribution >= 4 is 5.90 Å². The zero-order valence-corrected chi connectivity index (χ0v) is 10.6. The zero-order chi connectivity index (χ0) is 12.2. The molecule has 0 bridgehead atoms. The molecule has 0 amide bonds. The maximum absolute atomic E-state index is 5.59. The van der Waals surface area contributed by atoms with Crippen LogP contribution in [0.4, 0.5) is 0 Å². The SMILES string of the molecule is c1ccc(C2=NCCO2)c(CN2CCNCC2)c1. The quantitative estimate of drug-likeness (QED) is 0.858. The van der Waals surface area contributed by atoms with Gasteiger partial charge in [-0.1, -0.05) is 18.2 Å². The van der Waals surface area contributed by atoms with Crippen LogP contribution in [0.2, 0.25) is 0 Å². The first-order chi connectivity index (χ1) is 8.93. The first-order valence-electron chi connectivity index (χ1n) is 6.62. The fourth-order valence-corrected chi connectivity index (χ4v) is 2.48. The second-order valence-electron chi connectivity index (χ2n) is 4.72. The van der Waals surface area contributed by atoms with Gasteiger partial charge in [-0.05, 0) is 11.6 Å². The molecule has 1 saturated heterocycles. The van der Waals surface area contributed by atoms with Gasteiger partial charge in [0.2, 0.25) is 5.90 Å². The van der Waals surface area contributed by atoms with Crippen LogP contribution < -0.4 is 5.32 Å². The molecule has 18 heavy (non-hydrogen) atoms. The van der Waals surface area contributed by atoms with Gasteiger partial charge in [-0.2, -0.15) is 0 Å². The van der Waals surface area contributed by atoms with Crippen LogP contribution in [0.3, 0.4) is 0 Å². The Bertz CT molecular complexity index is 438. The number of nitrogens with one attached hydrogen (secondary N) is 1. The largest absolute Gasteiger partial charge is 0.476 e. The average Bonchev–Trinajstić information content (AvgIpc) is 2.94. The van der Waals surface area contributed by atoms with Crippen LogP contribution >= 0.6 is 0 Å². The number of ether oxygens (including phenoxy) is 1. The summed E-state index contributed by atoms with van der Waals surface area (Å²) < 4.78 is 5.59. The maximum atomic E-state index is 5.59. The molecule has 0 spiro atoms. The van der Waals surface area contributed by atoms with Gasteiger partial charge in [0.15, 0.2) is 0 Å². The molecule has 3 rings (SSSR count). The van der Waals surface area contributed by atoms with Crippen LogP contribution in [0.15, 0.2) is 29.3 Å². The molecule has 2 aliphatic rings. The molecule has 1 fully saturated rings. The average molecular weight is 245 g/mol. The first kappa shape index (κ1) is 11.7. The highest BCUT2D eigenvalue weighted by Crippen LogP contribution is 2.16. The third kappa shape index (κ3) is 2.54. The van der Waals surface area contributed by atoms with Crippen LogP contribution in [-0.4, -0.2) is 50.1 Å². The smallest absolute Gasteiger partial charge is 0.216 e. The lowest BCUT2D eigenvalue weighted by molar-refractivity contribution is 0.233. The second-order valence-corrected chi connectivity index (χ2v) is 4.72. The van der Waals surface area contributed by atoms with Gasteiger partial charge in [0, 0.05) is 38.3 Å². The van der Waals surface area contributed by atoms with E-state index in [1.165, 1.54) is 5.56 Å². The summed E-state index contributed by atoms with van der Waals surface area (Å²) in [6, 6.07) is 8.45. The van der Waals surface area contributed by atoms with Crippen LogP contribution in [0, 0.1) is 0 Å². The molecule has 96 valence electrons. The summed E-state index contributed by atoms with van der Waals surface area (Å²) in [6.45, 7) is 6.89. The topological polar surface area (TPSA) is 36.9 Å². The molecule has 0 atom stereocenters. The maximum Gasteiger partial charge on any atom is 0.216 e. The van der Waals surface area contributed by atoms with E-state index in [2.05, 4.69) is 39.5 Å². The highest BCUT2D eigenvalue weighted by molar-refractivity contribution is 5.96. The van der Waals surface area contributed by atoms with Crippen molar-refractivity contribution in [2.45, 2.75) is 6.54 Å². The molecular formula is C14H19N3O. The number of aliphatic imine (C=N–C) groups is 1. The van der Waals surface area contributed by atoms with Crippen molar-refractivity contribution < 1.29 is 4.74 Å². The first-order valence-corrected chi connectivity index (χ1v) is 6.62. The van der Waals surface area contributed by atoms with E-state index in [9.17, 15) is 0 Å². The van der Waals surface area contributed by atoms with Gasteiger partial charge in [-0.3, -0.25) is 4.90 Å². The van der Waals surface area contributed by atoms with Crippen molar-refractivity contribution in [2.75, 3.05) is 39.3 Å². The van der Waals surface area contributed by atoms with E-state index in [-0.39, 0.29) is 0 Å². The molecule has 2 heterocycles. The van der Waals surface area contributed by atoms with Crippen molar-refractivity contribution in [1.82, 2.24) is 10.2 Å². The third-order valence-corrected chi connectivity index (χ3v) is 3.44. The van der Waals surface area contributed by atoms with Crippen molar-refractivity contribution in [3.8, 4) is 0 Å². The van der Waals surface area contributed by atoms with E-state index in [1.807, 2.05) is 0 Å². The minimum absolute atomic E-state index is 0.720. The minimum Gasteiger partial charge on any atom is -0.476 e. The number of nitrogens with zero attached hydrogens (tertiary/aromatic N) is 2. The summed E-state index contributed by atoms with van der Waals surface area (Å²) in [6.07, 6.45) is 0. The molecule has 0 aliphatic carbocycles. The highest BCUT2D eigenvalue weighted by Gasteiger charge is 2.17. The van der Waals surface area contributed by atoms with Crippen LogP contribution in [0.1, 0.15) is 11.1 Å². The second kappa shape index (κ2) is 5.50. The Balaban J connectivity index is 1.78. The van der Waals surface area contributed by atoms with E-state index >= 15 is 0 Å². The number of hydrogen-bond acceptors (Lipinski definition) is 4. The van der Waals surface area contributed by atoms with Gasteiger partial charge < -0.3 is 10.1 Å². The minimum atomic E-state index is 0.720. The molecule has 0 radical (unpaired) electrons. The number of hydrogen-bond donors (Lipinski definition) is 1. The van der Waals surface area contributed by atoms with E-state index in [0.29, 0.717) is 0 Å². The molecule has 4 heteroatoms. The van der Waals surface area contributed by atoms with Crippen LogP contribution in [0.25, 0.3) is 0 Å². The van der Waals surface area contributed by atoms with Crippen LogP contribution in [-0.2, 0) is 11.3 Å². The Morgan fingerprint density at radius 2 is 2.06 bits per heavy atom. The number of piperazine rings is 1. The Morgan fingerprint density at radius 1 is 1.22 bits per heavy atom. The molecule has 1 aromatic rings. The van der Waals surface area contributed by atoms with Crippen molar-refractivity contribution in [1.29, 1.82) is 0 Å². The fraction of sp³-hybridized carbons (Fsp3) is 0.500. The van der Waals surface area contributed by atoms with E-state index < -0.39 is 0 Å². The molecule has 0 saturated carbocycles.